The van der Waals surface area contributed by atoms with E-state index in [0.717, 1.165) is 5.56 Å². The number of benzene rings is 1. The molecule has 1 heterocycles. The third-order valence-corrected chi connectivity index (χ3v) is 2.70. The summed E-state index contributed by atoms with van der Waals surface area (Å²) in [5.74, 6) is 0.390. The summed E-state index contributed by atoms with van der Waals surface area (Å²) in [7, 11) is 0. The zero-order valence-corrected chi connectivity index (χ0v) is 9.86. The molecule has 4 heteroatoms. The van der Waals surface area contributed by atoms with Crippen molar-refractivity contribution in [2.24, 2.45) is 0 Å². The van der Waals surface area contributed by atoms with Gasteiger partial charge in [0, 0.05) is 18.3 Å². The summed E-state index contributed by atoms with van der Waals surface area (Å²) >= 11 is 0. The summed E-state index contributed by atoms with van der Waals surface area (Å²) in [5, 5.41) is 18.9. The average Bonchev–Trinajstić information content (AvgIpc) is 2.42. The lowest BCUT2D eigenvalue weighted by molar-refractivity contribution is 0.201. The quantitative estimate of drug-likeness (QED) is 0.845. The van der Waals surface area contributed by atoms with E-state index in [9.17, 15) is 10.2 Å². The summed E-state index contributed by atoms with van der Waals surface area (Å²) in [6, 6.07) is 10.5. The highest BCUT2D eigenvalue weighted by molar-refractivity contribution is 5.38. The van der Waals surface area contributed by atoms with Gasteiger partial charge in [0.25, 0.3) is 0 Å². The van der Waals surface area contributed by atoms with Crippen LogP contribution in [0.3, 0.4) is 0 Å². The van der Waals surface area contributed by atoms with Crippen LogP contribution in [0.15, 0.2) is 48.8 Å². The van der Waals surface area contributed by atoms with E-state index >= 15 is 0 Å². The lowest BCUT2D eigenvalue weighted by Crippen LogP contribution is -2.14. The number of hydrogen-bond acceptors (Lipinski definition) is 4. The van der Waals surface area contributed by atoms with Gasteiger partial charge < -0.3 is 14.9 Å². The van der Waals surface area contributed by atoms with Gasteiger partial charge in [-0.2, -0.15) is 0 Å². The predicted octanol–water partition coefficient (Wildman–Crippen LogP) is 1.94. The van der Waals surface area contributed by atoms with Crippen molar-refractivity contribution in [3.05, 3.63) is 54.4 Å². The van der Waals surface area contributed by atoms with Gasteiger partial charge >= 0.3 is 0 Å². The molecule has 2 rings (SSSR count). The van der Waals surface area contributed by atoms with Crippen molar-refractivity contribution in [1.29, 1.82) is 0 Å². The zero-order valence-electron chi connectivity index (χ0n) is 9.86. The summed E-state index contributed by atoms with van der Waals surface area (Å²) in [5.41, 5.74) is 0.961. The maximum absolute atomic E-state index is 9.57. The predicted molar refractivity (Wildman–Crippen MR) is 67.7 cm³/mol. The minimum absolute atomic E-state index is 0.0163. The fourth-order valence-electron chi connectivity index (χ4n) is 1.66. The van der Waals surface area contributed by atoms with Crippen molar-refractivity contribution in [3.63, 3.8) is 0 Å². The second-order valence-electron chi connectivity index (χ2n) is 3.94. The maximum atomic E-state index is 9.57. The molecule has 0 saturated carbocycles. The first kappa shape index (κ1) is 12.4. The first-order valence-corrected chi connectivity index (χ1v) is 5.73. The van der Waals surface area contributed by atoms with Crippen LogP contribution in [0.5, 0.6) is 11.5 Å². The second kappa shape index (κ2) is 6.02. The second-order valence-corrected chi connectivity index (χ2v) is 3.94. The number of aromatic nitrogens is 1. The summed E-state index contributed by atoms with van der Waals surface area (Å²) < 4.78 is 5.51. The van der Waals surface area contributed by atoms with Crippen LogP contribution in [-0.2, 0) is 0 Å². The SMILES string of the molecule is OCC(COc1ccccc1O)c1ccncc1. The van der Waals surface area contributed by atoms with Crippen molar-refractivity contribution in [3.8, 4) is 11.5 Å². The Bertz CT molecular complexity index is 487. The molecule has 0 spiro atoms. The van der Waals surface area contributed by atoms with Crippen LogP contribution in [0.1, 0.15) is 11.5 Å². The molecule has 0 bridgehead atoms. The van der Waals surface area contributed by atoms with Crippen molar-refractivity contribution < 1.29 is 14.9 Å². The monoisotopic (exact) mass is 245 g/mol. The van der Waals surface area contributed by atoms with Crippen molar-refractivity contribution >= 4 is 0 Å². The van der Waals surface area contributed by atoms with Gasteiger partial charge in [0.15, 0.2) is 11.5 Å². The van der Waals surface area contributed by atoms with Crippen LogP contribution >= 0.6 is 0 Å². The van der Waals surface area contributed by atoms with E-state index in [1.165, 1.54) is 0 Å². The van der Waals surface area contributed by atoms with Crippen LogP contribution in [0.25, 0.3) is 0 Å². The lowest BCUT2D eigenvalue weighted by Gasteiger charge is -2.16. The molecule has 0 aliphatic rings. The molecule has 0 fully saturated rings. The van der Waals surface area contributed by atoms with E-state index in [1.54, 1.807) is 36.7 Å². The fraction of sp³-hybridized carbons (Fsp3) is 0.214. The molecule has 18 heavy (non-hydrogen) atoms. The molecule has 94 valence electrons. The van der Waals surface area contributed by atoms with Gasteiger partial charge in [-0.15, -0.1) is 0 Å². The molecule has 0 radical (unpaired) electrons. The standard InChI is InChI=1S/C14H15NO3/c16-9-12(11-5-7-15-8-6-11)10-18-14-4-2-1-3-13(14)17/h1-8,12,16-17H,9-10H2. The molecular weight excluding hydrogens is 230 g/mol. The number of para-hydroxylation sites is 2. The Morgan fingerprint density at radius 3 is 2.50 bits per heavy atom. The first-order chi connectivity index (χ1) is 8.81. The smallest absolute Gasteiger partial charge is 0.160 e. The van der Waals surface area contributed by atoms with E-state index in [-0.39, 0.29) is 18.3 Å². The molecule has 4 nitrogen and oxygen atoms in total. The highest BCUT2D eigenvalue weighted by Crippen LogP contribution is 2.26. The summed E-state index contributed by atoms with van der Waals surface area (Å²) in [4.78, 5) is 3.93. The van der Waals surface area contributed by atoms with Gasteiger partial charge in [-0.05, 0) is 29.8 Å². The number of phenolic OH excluding ortho intramolecular Hbond substituents is 1. The Morgan fingerprint density at radius 2 is 1.83 bits per heavy atom. The first-order valence-electron chi connectivity index (χ1n) is 5.73. The Kier molecular flexibility index (Phi) is 4.15. The maximum Gasteiger partial charge on any atom is 0.160 e. The largest absolute Gasteiger partial charge is 0.504 e. The minimum atomic E-state index is -0.132. The van der Waals surface area contributed by atoms with Crippen LogP contribution < -0.4 is 4.74 Å². The number of nitrogens with zero attached hydrogens (tertiary/aromatic N) is 1. The number of pyridine rings is 1. The number of aliphatic hydroxyl groups is 1. The number of hydrogen-bond donors (Lipinski definition) is 2. The molecule has 0 aliphatic carbocycles. The van der Waals surface area contributed by atoms with Gasteiger partial charge in [-0.3, -0.25) is 4.98 Å². The van der Waals surface area contributed by atoms with E-state index in [2.05, 4.69) is 4.98 Å². The average molecular weight is 245 g/mol. The Balaban J connectivity index is 2.02. The minimum Gasteiger partial charge on any atom is -0.504 e. The number of aromatic hydroxyl groups is 1. The Hall–Kier alpha value is -2.07. The topological polar surface area (TPSA) is 62.6 Å². The molecule has 0 amide bonds. The van der Waals surface area contributed by atoms with Crippen LogP contribution in [0.2, 0.25) is 0 Å². The summed E-state index contributed by atoms with van der Waals surface area (Å²) in [6.45, 7) is 0.287. The van der Waals surface area contributed by atoms with Crippen molar-refractivity contribution in [2.75, 3.05) is 13.2 Å². The molecule has 1 aromatic carbocycles. The molecule has 1 aromatic heterocycles. The molecule has 2 aromatic rings. The van der Waals surface area contributed by atoms with Crippen LogP contribution in [0.4, 0.5) is 0 Å². The number of ether oxygens (including phenoxy) is 1. The normalized spacial score (nSPS) is 12.1. The van der Waals surface area contributed by atoms with Crippen molar-refractivity contribution in [1.82, 2.24) is 4.98 Å². The highest BCUT2D eigenvalue weighted by Gasteiger charge is 2.12. The van der Waals surface area contributed by atoms with Crippen LogP contribution in [-0.4, -0.2) is 28.4 Å². The summed E-state index contributed by atoms with van der Waals surface area (Å²) in [6.07, 6.45) is 3.36. The van der Waals surface area contributed by atoms with Gasteiger partial charge in [0.1, 0.15) is 0 Å². The molecule has 0 aliphatic heterocycles. The Morgan fingerprint density at radius 1 is 1.11 bits per heavy atom. The van der Waals surface area contributed by atoms with Gasteiger partial charge in [0.05, 0.1) is 13.2 Å². The molecule has 1 unspecified atom stereocenters. The third-order valence-electron chi connectivity index (χ3n) is 2.70. The Labute approximate surface area is 106 Å². The van der Waals surface area contributed by atoms with E-state index < -0.39 is 0 Å². The lowest BCUT2D eigenvalue weighted by atomic mass is 10.0. The molecular formula is C14H15NO3. The number of aliphatic hydroxyl groups excluding tert-OH is 1. The molecule has 1 atom stereocenters. The van der Waals surface area contributed by atoms with Crippen LogP contribution in [0, 0.1) is 0 Å². The number of rotatable bonds is 5. The zero-order chi connectivity index (χ0) is 12.8. The molecule has 2 N–H and O–H groups in total. The van der Waals surface area contributed by atoms with E-state index in [4.69, 9.17) is 4.74 Å². The highest BCUT2D eigenvalue weighted by atomic mass is 16.5. The van der Waals surface area contributed by atoms with E-state index in [0.29, 0.717) is 12.4 Å². The third kappa shape index (κ3) is 2.99. The fourth-order valence-corrected chi connectivity index (χ4v) is 1.66. The van der Waals surface area contributed by atoms with Gasteiger partial charge in [-0.25, -0.2) is 0 Å². The van der Waals surface area contributed by atoms with E-state index in [1.807, 2.05) is 12.1 Å². The van der Waals surface area contributed by atoms with Gasteiger partial charge in [-0.1, -0.05) is 12.1 Å². The molecule has 0 saturated heterocycles. The van der Waals surface area contributed by atoms with Crippen molar-refractivity contribution in [2.45, 2.75) is 5.92 Å². The number of phenols is 1. The van der Waals surface area contributed by atoms with Gasteiger partial charge in [0.2, 0.25) is 0 Å².